The number of nitrogens with one attached hydrogen (secondary N) is 1. The van der Waals surface area contributed by atoms with Crippen LogP contribution in [0.4, 0.5) is 27.8 Å². The number of hydrogen-bond acceptors (Lipinski definition) is 9. The molecule has 0 aliphatic heterocycles. The lowest BCUT2D eigenvalue weighted by Gasteiger charge is -2.28. The molecular formula is C27H34N8O3. The van der Waals surface area contributed by atoms with Crippen molar-refractivity contribution in [3.05, 3.63) is 55.0 Å². The van der Waals surface area contributed by atoms with Crippen molar-refractivity contribution in [2.45, 2.75) is 26.4 Å². The molecule has 200 valence electrons. The summed E-state index contributed by atoms with van der Waals surface area (Å²) in [4.78, 5) is 29.3. The second-order valence-corrected chi connectivity index (χ2v) is 9.90. The van der Waals surface area contributed by atoms with Crippen molar-refractivity contribution in [1.29, 1.82) is 0 Å². The Bertz CT molecular complexity index is 1430. The lowest BCUT2D eigenvalue weighted by molar-refractivity contribution is 0.0303. The van der Waals surface area contributed by atoms with E-state index >= 15 is 0 Å². The van der Waals surface area contributed by atoms with Gasteiger partial charge in [-0.25, -0.2) is 14.8 Å². The van der Waals surface area contributed by atoms with E-state index in [1.54, 1.807) is 37.5 Å². The molecule has 11 nitrogen and oxygen atoms in total. The Morgan fingerprint density at radius 2 is 1.89 bits per heavy atom. The average Bonchev–Trinajstić information content (AvgIpc) is 3.30. The summed E-state index contributed by atoms with van der Waals surface area (Å²) in [6, 6.07) is 11.3. The van der Waals surface area contributed by atoms with Crippen LogP contribution in [-0.4, -0.2) is 70.4 Å². The number of methoxy groups -OCH3 is 1. The standard InChI is InChI=1S/C27H34N8O3/c1-27(2,3)38-26(36)34(5)15-14-33(4)21-17-22(37-6)20(16-19(21)28)31-25-30-12-9-23(32-25)35-13-10-18-8-7-11-29-24(18)35/h7-13,16-17H,14-15,28H2,1-6H3,(H,30,31,32). The first-order valence-corrected chi connectivity index (χ1v) is 12.2. The molecule has 11 heteroatoms. The number of rotatable bonds is 8. The molecule has 0 fully saturated rings. The van der Waals surface area contributed by atoms with Gasteiger partial charge in [-0.2, -0.15) is 4.98 Å². The normalized spacial score (nSPS) is 11.3. The highest BCUT2D eigenvalue weighted by molar-refractivity contribution is 5.80. The van der Waals surface area contributed by atoms with Gasteiger partial charge in [-0.1, -0.05) is 0 Å². The van der Waals surface area contributed by atoms with Crippen LogP contribution in [0, 0.1) is 0 Å². The molecule has 0 unspecified atom stereocenters. The number of ether oxygens (including phenoxy) is 2. The Morgan fingerprint density at radius 1 is 1.11 bits per heavy atom. The predicted molar refractivity (Wildman–Crippen MR) is 149 cm³/mol. The molecule has 0 aliphatic rings. The number of pyridine rings is 1. The number of nitrogen functional groups attached to an aromatic ring is 1. The first kappa shape index (κ1) is 26.5. The van der Waals surface area contributed by atoms with E-state index in [1.165, 1.54) is 0 Å². The molecule has 4 aromatic rings. The van der Waals surface area contributed by atoms with Gasteiger partial charge < -0.3 is 30.3 Å². The number of fused-ring (bicyclic) bond motifs is 1. The van der Waals surface area contributed by atoms with E-state index in [9.17, 15) is 4.79 Å². The third kappa shape index (κ3) is 6.05. The summed E-state index contributed by atoms with van der Waals surface area (Å²) in [5.74, 6) is 1.63. The Balaban J connectivity index is 1.50. The van der Waals surface area contributed by atoms with Crippen molar-refractivity contribution in [3.63, 3.8) is 0 Å². The topological polar surface area (TPSA) is 124 Å². The molecule has 0 bridgehead atoms. The van der Waals surface area contributed by atoms with Gasteiger partial charge in [-0.05, 0) is 51.1 Å². The molecule has 3 heterocycles. The molecule has 0 radical (unpaired) electrons. The van der Waals surface area contributed by atoms with Crippen LogP contribution in [0.3, 0.4) is 0 Å². The van der Waals surface area contributed by atoms with Crippen LogP contribution in [0.25, 0.3) is 16.9 Å². The van der Waals surface area contributed by atoms with Gasteiger partial charge in [0.2, 0.25) is 5.95 Å². The lowest BCUT2D eigenvalue weighted by atomic mass is 10.2. The molecule has 0 saturated heterocycles. The van der Waals surface area contributed by atoms with E-state index in [2.05, 4.69) is 20.3 Å². The van der Waals surface area contributed by atoms with Crippen molar-refractivity contribution in [1.82, 2.24) is 24.4 Å². The molecule has 38 heavy (non-hydrogen) atoms. The quantitative estimate of drug-likeness (QED) is 0.326. The Morgan fingerprint density at radius 3 is 2.63 bits per heavy atom. The molecule has 0 atom stereocenters. The first-order chi connectivity index (χ1) is 18.1. The summed E-state index contributed by atoms with van der Waals surface area (Å²) >= 11 is 0. The zero-order valence-corrected chi connectivity index (χ0v) is 22.6. The fourth-order valence-corrected chi connectivity index (χ4v) is 3.85. The maximum absolute atomic E-state index is 12.3. The van der Waals surface area contributed by atoms with E-state index in [1.807, 2.05) is 73.8 Å². The van der Waals surface area contributed by atoms with Gasteiger partial charge in [0.1, 0.15) is 22.8 Å². The van der Waals surface area contributed by atoms with Crippen LogP contribution in [0.1, 0.15) is 20.8 Å². The third-order valence-corrected chi connectivity index (χ3v) is 5.82. The molecule has 0 saturated carbocycles. The number of likely N-dealkylation sites (N-methyl/N-ethyl adjacent to an activating group) is 2. The minimum Gasteiger partial charge on any atom is -0.494 e. The van der Waals surface area contributed by atoms with Gasteiger partial charge in [0, 0.05) is 57.2 Å². The molecule has 3 N–H and O–H groups in total. The maximum atomic E-state index is 12.3. The van der Waals surface area contributed by atoms with Crippen molar-refractivity contribution in [3.8, 4) is 11.6 Å². The summed E-state index contributed by atoms with van der Waals surface area (Å²) in [5, 5.41) is 4.24. The number of benzene rings is 1. The first-order valence-electron chi connectivity index (χ1n) is 12.2. The second-order valence-electron chi connectivity index (χ2n) is 9.90. The van der Waals surface area contributed by atoms with E-state index in [-0.39, 0.29) is 6.09 Å². The van der Waals surface area contributed by atoms with Crippen LogP contribution < -0.4 is 20.7 Å². The Hall–Kier alpha value is -4.54. The van der Waals surface area contributed by atoms with Gasteiger partial charge in [0.15, 0.2) is 0 Å². The minimum absolute atomic E-state index is 0.373. The van der Waals surface area contributed by atoms with Crippen molar-refractivity contribution in [2.75, 3.05) is 50.2 Å². The number of carbonyl (C=O) groups excluding carboxylic acids is 1. The van der Waals surface area contributed by atoms with Gasteiger partial charge in [-0.15, -0.1) is 0 Å². The largest absolute Gasteiger partial charge is 0.494 e. The van der Waals surface area contributed by atoms with E-state index in [0.29, 0.717) is 42.0 Å². The molecule has 1 amide bonds. The lowest BCUT2D eigenvalue weighted by Crippen LogP contribution is -2.38. The fraction of sp³-hybridized carbons (Fsp3) is 0.333. The summed E-state index contributed by atoms with van der Waals surface area (Å²) < 4.78 is 13.0. The summed E-state index contributed by atoms with van der Waals surface area (Å²) in [6.07, 6.45) is 4.98. The number of aromatic nitrogens is 4. The number of hydrogen-bond donors (Lipinski definition) is 2. The van der Waals surface area contributed by atoms with Crippen LogP contribution in [0.5, 0.6) is 5.75 Å². The van der Waals surface area contributed by atoms with Crippen molar-refractivity contribution in [2.24, 2.45) is 0 Å². The summed E-state index contributed by atoms with van der Waals surface area (Å²) in [7, 11) is 5.20. The molecular weight excluding hydrogens is 484 g/mol. The van der Waals surface area contributed by atoms with E-state index < -0.39 is 5.60 Å². The van der Waals surface area contributed by atoms with Crippen LogP contribution >= 0.6 is 0 Å². The molecule has 3 aromatic heterocycles. The zero-order valence-electron chi connectivity index (χ0n) is 22.6. The van der Waals surface area contributed by atoms with Crippen molar-refractivity contribution >= 4 is 40.1 Å². The van der Waals surface area contributed by atoms with Crippen LogP contribution in [-0.2, 0) is 4.74 Å². The number of carbonyl (C=O) groups is 1. The SMILES string of the molecule is COc1cc(N(C)CCN(C)C(=O)OC(C)(C)C)c(N)cc1Nc1nccc(-n2ccc3cccnc32)n1. The number of anilines is 4. The number of nitrogens with two attached hydrogens (primary N) is 1. The maximum Gasteiger partial charge on any atom is 0.410 e. The highest BCUT2D eigenvalue weighted by atomic mass is 16.6. The van der Waals surface area contributed by atoms with Crippen LogP contribution in [0.15, 0.2) is 55.0 Å². The molecule has 0 aliphatic carbocycles. The second kappa shape index (κ2) is 10.8. The Labute approximate surface area is 222 Å². The van der Waals surface area contributed by atoms with Gasteiger partial charge in [-0.3, -0.25) is 4.57 Å². The Kier molecular flexibility index (Phi) is 7.56. The van der Waals surface area contributed by atoms with Crippen molar-refractivity contribution < 1.29 is 14.3 Å². The smallest absolute Gasteiger partial charge is 0.410 e. The number of amides is 1. The summed E-state index contributed by atoms with van der Waals surface area (Å²) in [5.41, 5.74) is 8.61. The van der Waals surface area contributed by atoms with E-state index in [0.717, 1.165) is 16.7 Å². The zero-order chi connectivity index (χ0) is 27.4. The highest BCUT2D eigenvalue weighted by Crippen LogP contribution is 2.36. The van der Waals surface area contributed by atoms with Gasteiger partial charge in [0.05, 0.1) is 24.2 Å². The van der Waals surface area contributed by atoms with Gasteiger partial charge >= 0.3 is 6.09 Å². The molecule has 1 aromatic carbocycles. The number of nitrogens with zero attached hydrogens (tertiary/aromatic N) is 6. The molecule has 0 spiro atoms. The fourth-order valence-electron chi connectivity index (χ4n) is 3.85. The third-order valence-electron chi connectivity index (χ3n) is 5.82. The van der Waals surface area contributed by atoms with Gasteiger partial charge in [0.25, 0.3) is 0 Å². The van der Waals surface area contributed by atoms with Crippen LogP contribution in [0.2, 0.25) is 0 Å². The average molecular weight is 519 g/mol. The summed E-state index contributed by atoms with van der Waals surface area (Å²) in [6.45, 7) is 6.52. The minimum atomic E-state index is -0.548. The highest BCUT2D eigenvalue weighted by Gasteiger charge is 2.20. The van der Waals surface area contributed by atoms with E-state index in [4.69, 9.17) is 15.2 Å². The predicted octanol–water partition coefficient (Wildman–Crippen LogP) is 4.45. The molecule has 4 rings (SSSR count). The monoisotopic (exact) mass is 518 g/mol.